The maximum Gasteiger partial charge on any atom is 0.250 e. The highest BCUT2D eigenvalue weighted by molar-refractivity contribution is 8.03. The fourth-order valence-electron chi connectivity index (χ4n) is 3.05. The van der Waals surface area contributed by atoms with Crippen molar-refractivity contribution in [2.45, 2.75) is 28.3 Å². The van der Waals surface area contributed by atoms with E-state index < -0.39 is 0 Å². The molecule has 0 aliphatic rings. The molecule has 0 aliphatic heterocycles. The van der Waals surface area contributed by atoms with E-state index in [0.717, 1.165) is 36.5 Å². The molecule has 1 N–H and O–H groups in total. The summed E-state index contributed by atoms with van der Waals surface area (Å²) in [6, 6.07) is 22.7. The van der Waals surface area contributed by atoms with Crippen LogP contribution in [0.1, 0.15) is 23.6 Å². The number of aryl methyl sites for hydroxylation is 1. The number of benzene rings is 3. The lowest BCUT2D eigenvalue weighted by atomic mass is 10.0. The predicted molar refractivity (Wildman–Crippen MR) is 136 cm³/mol. The fourth-order valence-corrected chi connectivity index (χ4v) is 5.82. The van der Waals surface area contributed by atoms with Gasteiger partial charge in [0, 0.05) is 11.3 Å². The molecule has 0 saturated carbocycles. The first-order chi connectivity index (χ1) is 15.6. The summed E-state index contributed by atoms with van der Waals surface area (Å²) in [6.07, 6.45) is 0. The molecule has 3 aromatic carbocycles. The van der Waals surface area contributed by atoms with Crippen molar-refractivity contribution in [2.24, 2.45) is 5.10 Å². The zero-order chi connectivity index (χ0) is 22.3. The molecule has 0 spiro atoms. The lowest BCUT2D eigenvalue weighted by Crippen LogP contribution is -2.21. The van der Waals surface area contributed by atoms with Gasteiger partial charge in [-0.05, 0) is 30.2 Å². The van der Waals surface area contributed by atoms with Crippen LogP contribution in [-0.4, -0.2) is 27.6 Å². The minimum Gasteiger partial charge on any atom is -0.272 e. The number of carbonyl (C=O) groups is 1. The van der Waals surface area contributed by atoms with Crippen LogP contribution in [0.4, 0.5) is 0 Å². The number of amides is 1. The number of rotatable bonds is 8. The summed E-state index contributed by atoms with van der Waals surface area (Å²) < 4.78 is 1.68. The van der Waals surface area contributed by atoms with Crippen LogP contribution in [0.25, 0.3) is 10.8 Å². The largest absolute Gasteiger partial charge is 0.272 e. The van der Waals surface area contributed by atoms with Gasteiger partial charge in [-0.15, -0.1) is 10.2 Å². The lowest BCUT2D eigenvalue weighted by molar-refractivity contribution is -0.118. The van der Waals surface area contributed by atoms with E-state index in [9.17, 15) is 4.79 Å². The number of thioether (sulfide) groups is 2. The Morgan fingerprint density at radius 2 is 1.69 bits per heavy atom. The lowest BCUT2D eigenvalue weighted by Gasteiger charge is -2.06. The van der Waals surface area contributed by atoms with Crippen LogP contribution in [0.2, 0.25) is 0 Å². The number of carbonyl (C=O) groups excluding carboxylic acids is 1. The number of aromatic nitrogens is 2. The average molecular weight is 479 g/mol. The number of hydrogen-bond acceptors (Lipinski definition) is 7. The molecule has 1 heterocycles. The molecule has 162 valence electrons. The zero-order valence-electron chi connectivity index (χ0n) is 17.7. The van der Waals surface area contributed by atoms with Crippen LogP contribution in [0.3, 0.4) is 0 Å². The van der Waals surface area contributed by atoms with Crippen molar-refractivity contribution in [3.63, 3.8) is 0 Å². The molecule has 8 heteroatoms. The van der Waals surface area contributed by atoms with Crippen molar-refractivity contribution >= 4 is 57.3 Å². The third-order valence-corrected chi connectivity index (χ3v) is 7.99. The standard InChI is InChI=1S/C24H22N4OS3/c1-16-10-12-18(13-11-16)14-30-23-27-28-24(32-23)31-15-22(29)26-25-17(2)20-9-5-7-19-6-3-4-8-21(19)20/h3-13H,14-15H2,1-2H3,(H,26,29)/b25-17+. The van der Waals surface area contributed by atoms with Crippen molar-refractivity contribution in [2.75, 3.05) is 5.75 Å². The molecule has 0 radical (unpaired) electrons. The molecule has 4 rings (SSSR count). The van der Waals surface area contributed by atoms with Gasteiger partial charge in [0.05, 0.1) is 11.5 Å². The first kappa shape index (κ1) is 22.5. The molecule has 0 aliphatic carbocycles. The SMILES string of the molecule is C/C(=N\NC(=O)CSc1nnc(SCc2ccc(C)cc2)s1)c1cccc2ccccc12. The first-order valence-electron chi connectivity index (χ1n) is 10.0. The van der Waals surface area contributed by atoms with Crippen molar-refractivity contribution in [3.05, 3.63) is 83.4 Å². The Labute approximate surface area is 199 Å². The molecule has 1 amide bonds. The second kappa shape index (κ2) is 10.8. The molecule has 0 bridgehead atoms. The molecule has 4 aromatic rings. The first-order valence-corrected chi connectivity index (χ1v) is 12.8. The van der Waals surface area contributed by atoms with E-state index in [1.807, 2.05) is 31.2 Å². The van der Waals surface area contributed by atoms with E-state index in [1.54, 1.807) is 11.8 Å². The molecule has 1 aromatic heterocycles. The van der Waals surface area contributed by atoms with Gasteiger partial charge in [0.25, 0.3) is 5.91 Å². The quantitative estimate of drug-likeness (QED) is 0.193. The third-order valence-electron chi connectivity index (χ3n) is 4.73. The Balaban J connectivity index is 1.28. The minimum atomic E-state index is -0.168. The number of nitrogens with zero attached hydrogens (tertiary/aromatic N) is 3. The van der Waals surface area contributed by atoms with Crippen LogP contribution in [-0.2, 0) is 10.5 Å². The molecular formula is C24H22N4OS3. The maximum absolute atomic E-state index is 12.3. The topological polar surface area (TPSA) is 67.2 Å². The third kappa shape index (κ3) is 5.97. The Bertz CT molecular complexity index is 1250. The molecule has 0 fully saturated rings. The number of hydrazone groups is 1. The van der Waals surface area contributed by atoms with Gasteiger partial charge in [-0.3, -0.25) is 4.79 Å². The highest BCUT2D eigenvalue weighted by Crippen LogP contribution is 2.30. The van der Waals surface area contributed by atoms with Gasteiger partial charge in [-0.1, -0.05) is 107 Å². The smallest absolute Gasteiger partial charge is 0.250 e. The van der Waals surface area contributed by atoms with Crippen LogP contribution < -0.4 is 5.43 Å². The summed E-state index contributed by atoms with van der Waals surface area (Å²) in [7, 11) is 0. The second-order valence-corrected chi connectivity index (χ2v) is 10.6. The van der Waals surface area contributed by atoms with Gasteiger partial charge in [-0.2, -0.15) is 5.10 Å². The van der Waals surface area contributed by atoms with Gasteiger partial charge in [0.15, 0.2) is 8.68 Å². The second-order valence-electron chi connectivity index (χ2n) is 7.16. The Morgan fingerprint density at radius 1 is 0.969 bits per heavy atom. The summed E-state index contributed by atoms with van der Waals surface area (Å²) >= 11 is 4.54. The molecule has 0 saturated heterocycles. The maximum atomic E-state index is 12.3. The van der Waals surface area contributed by atoms with E-state index >= 15 is 0 Å². The van der Waals surface area contributed by atoms with Crippen LogP contribution >= 0.6 is 34.9 Å². The molecule has 5 nitrogen and oxygen atoms in total. The van der Waals surface area contributed by atoms with Crippen LogP contribution in [0, 0.1) is 6.92 Å². The van der Waals surface area contributed by atoms with Gasteiger partial charge in [0.2, 0.25) is 0 Å². The van der Waals surface area contributed by atoms with E-state index in [0.29, 0.717) is 0 Å². The van der Waals surface area contributed by atoms with Crippen molar-refractivity contribution < 1.29 is 4.79 Å². The normalized spacial score (nSPS) is 11.6. The summed E-state index contributed by atoms with van der Waals surface area (Å²) in [5.74, 6) is 0.921. The van der Waals surface area contributed by atoms with Gasteiger partial charge >= 0.3 is 0 Å². The number of hydrogen-bond donors (Lipinski definition) is 1. The average Bonchev–Trinajstić information content (AvgIpc) is 3.28. The van der Waals surface area contributed by atoms with E-state index in [-0.39, 0.29) is 11.7 Å². The summed E-state index contributed by atoms with van der Waals surface area (Å²) in [5.41, 5.74) is 6.94. The number of nitrogens with one attached hydrogen (secondary N) is 1. The fraction of sp³-hybridized carbons (Fsp3) is 0.167. The molecule has 0 atom stereocenters. The van der Waals surface area contributed by atoms with Gasteiger partial charge in [0.1, 0.15) is 0 Å². The van der Waals surface area contributed by atoms with Crippen molar-refractivity contribution in [3.8, 4) is 0 Å². The Kier molecular flexibility index (Phi) is 7.57. The number of fused-ring (bicyclic) bond motifs is 1. The Morgan fingerprint density at radius 3 is 2.50 bits per heavy atom. The zero-order valence-corrected chi connectivity index (χ0v) is 20.2. The van der Waals surface area contributed by atoms with Crippen LogP contribution in [0.5, 0.6) is 0 Å². The van der Waals surface area contributed by atoms with Crippen molar-refractivity contribution in [1.29, 1.82) is 0 Å². The van der Waals surface area contributed by atoms with Crippen LogP contribution in [0.15, 0.2) is 80.5 Å². The summed E-state index contributed by atoms with van der Waals surface area (Å²) in [6.45, 7) is 3.98. The highest BCUT2D eigenvalue weighted by Gasteiger charge is 2.10. The Hall–Kier alpha value is -2.68. The predicted octanol–water partition coefficient (Wildman–Crippen LogP) is 5.92. The monoisotopic (exact) mass is 478 g/mol. The van der Waals surface area contributed by atoms with Crippen molar-refractivity contribution in [1.82, 2.24) is 15.6 Å². The van der Waals surface area contributed by atoms with Gasteiger partial charge < -0.3 is 0 Å². The van der Waals surface area contributed by atoms with E-state index in [1.165, 1.54) is 34.2 Å². The molecular weight excluding hydrogens is 456 g/mol. The minimum absolute atomic E-state index is 0.168. The van der Waals surface area contributed by atoms with E-state index in [2.05, 4.69) is 70.1 Å². The summed E-state index contributed by atoms with van der Waals surface area (Å²) in [4.78, 5) is 12.3. The molecule has 32 heavy (non-hydrogen) atoms. The van der Waals surface area contributed by atoms with E-state index in [4.69, 9.17) is 0 Å². The molecule has 0 unspecified atom stereocenters. The summed E-state index contributed by atoms with van der Waals surface area (Å²) in [5, 5.41) is 15.0. The highest BCUT2D eigenvalue weighted by atomic mass is 32.2. The van der Waals surface area contributed by atoms with Gasteiger partial charge in [-0.25, -0.2) is 5.43 Å².